The average Bonchev–Trinajstić information content (AvgIpc) is 3.25. The fourth-order valence-corrected chi connectivity index (χ4v) is 6.35. The minimum atomic E-state index is -1.32. The number of hydrogen-bond acceptors (Lipinski definition) is 12. The number of benzene rings is 3. The van der Waals surface area contributed by atoms with Crippen molar-refractivity contribution >= 4 is 47.9 Å². The average molecular weight is 946 g/mol. The third-order valence-corrected chi connectivity index (χ3v) is 9.47. The van der Waals surface area contributed by atoms with Crippen molar-refractivity contribution in [3.63, 3.8) is 0 Å². The molecule has 68 heavy (non-hydrogen) atoms. The Morgan fingerprint density at radius 2 is 1.10 bits per heavy atom. The first-order valence-corrected chi connectivity index (χ1v) is 22.4. The zero-order valence-electron chi connectivity index (χ0n) is 40.1. The molecule has 0 bridgehead atoms. The summed E-state index contributed by atoms with van der Waals surface area (Å²) in [6, 6.07) is 19.2. The van der Waals surface area contributed by atoms with E-state index in [9.17, 15) is 38.4 Å². The van der Waals surface area contributed by atoms with Crippen LogP contribution in [-0.2, 0) is 57.6 Å². The van der Waals surface area contributed by atoms with Gasteiger partial charge < -0.3 is 56.6 Å². The molecular weight excluding hydrogens is 879 g/mol. The van der Waals surface area contributed by atoms with E-state index in [1.54, 1.807) is 96.1 Å². The predicted octanol–water partition coefficient (Wildman–Crippen LogP) is 4.49. The standard InChI is InChI=1S/C49H67N7O12/c1-31(2)26-37(41(50)58)55-43(60)38(27-32-16-11-9-12-17-32)53-40(57)29-52-42(59)36(20-15-25-51-45(62)65-30-34-18-13-10-14-19-34)54-44(61)39(56-46(63)67-48(3,4)5)28-33-21-23-35(24-22-33)66-47(64)68-49(6,7)8/h9-14,16-19,21-24,31,36-39H,15,20,25-30H2,1-8H3,(H2,50,58)(H,51,62)(H,52,59)(H,53,57)(H,54,61)(H,55,60)(H,56,63)/t36-,37+,38+,39+/m1/s1. The maximum Gasteiger partial charge on any atom is 0.514 e. The first-order chi connectivity index (χ1) is 32.0. The lowest BCUT2D eigenvalue weighted by atomic mass is 10.0. The fraction of sp³-hybridized carbons (Fsp3) is 0.469. The lowest BCUT2D eigenvalue weighted by Crippen LogP contribution is -2.57. The van der Waals surface area contributed by atoms with Gasteiger partial charge in [0, 0.05) is 19.4 Å². The van der Waals surface area contributed by atoms with Gasteiger partial charge in [0.25, 0.3) is 0 Å². The lowest BCUT2D eigenvalue weighted by Gasteiger charge is -2.26. The van der Waals surface area contributed by atoms with Gasteiger partial charge in [-0.25, -0.2) is 14.4 Å². The number of amides is 7. The third kappa shape index (κ3) is 22.3. The Kier molecular flexibility index (Phi) is 21.8. The molecule has 0 radical (unpaired) electrons. The number of carbonyl (C=O) groups is 8. The van der Waals surface area contributed by atoms with E-state index in [1.807, 2.05) is 32.0 Å². The number of primary amides is 1. The molecule has 3 aromatic carbocycles. The summed E-state index contributed by atoms with van der Waals surface area (Å²) in [7, 11) is 0. The van der Waals surface area contributed by atoms with Crippen LogP contribution in [0.5, 0.6) is 5.75 Å². The Hall–Kier alpha value is -7.18. The van der Waals surface area contributed by atoms with Gasteiger partial charge in [-0.2, -0.15) is 0 Å². The number of ether oxygens (including phenoxy) is 4. The Morgan fingerprint density at radius 3 is 1.65 bits per heavy atom. The molecule has 0 aliphatic carbocycles. The molecule has 7 amide bonds. The molecule has 0 aliphatic heterocycles. The van der Waals surface area contributed by atoms with Crippen molar-refractivity contribution in [2.75, 3.05) is 13.1 Å². The molecular formula is C49H67N7O12. The second-order valence-electron chi connectivity index (χ2n) is 18.4. The van der Waals surface area contributed by atoms with Crippen LogP contribution in [0.15, 0.2) is 84.9 Å². The Balaban J connectivity index is 1.81. The molecule has 3 aromatic rings. The molecule has 370 valence electrons. The van der Waals surface area contributed by atoms with E-state index in [0.29, 0.717) is 11.1 Å². The number of nitrogens with two attached hydrogens (primary N) is 1. The van der Waals surface area contributed by atoms with Crippen LogP contribution in [0.3, 0.4) is 0 Å². The van der Waals surface area contributed by atoms with E-state index in [4.69, 9.17) is 24.7 Å². The van der Waals surface area contributed by atoms with Crippen molar-refractivity contribution < 1.29 is 57.3 Å². The van der Waals surface area contributed by atoms with Crippen LogP contribution < -0.4 is 42.4 Å². The van der Waals surface area contributed by atoms with E-state index < -0.39 is 89.8 Å². The summed E-state index contributed by atoms with van der Waals surface area (Å²) in [5, 5.41) is 15.6. The highest BCUT2D eigenvalue weighted by Gasteiger charge is 2.31. The molecule has 8 N–H and O–H groups in total. The topological polar surface area (TPSA) is 272 Å². The van der Waals surface area contributed by atoms with E-state index in [1.165, 1.54) is 12.1 Å². The number of hydrogen-bond donors (Lipinski definition) is 7. The van der Waals surface area contributed by atoms with Gasteiger partial charge in [-0.3, -0.25) is 24.0 Å². The normalized spacial score (nSPS) is 13.0. The first kappa shape index (κ1) is 55.1. The van der Waals surface area contributed by atoms with E-state index >= 15 is 0 Å². The van der Waals surface area contributed by atoms with Crippen molar-refractivity contribution in [3.05, 3.63) is 102 Å². The molecule has 0 aromatic heterocycles. The summed E-state index contributed by atoms with van der Waals surface area (Å²) >= 11 is 0. The quantitative estimate of drug-likeness (QED) is 0.0300. The molecule has 19 nitrogen and oxygen atoms in total. The number of rotatable bonds is 23. The summed E-state index contributed by atoms with van der Waals surface area (Å²) in [5.74, 6) is -3.57. The highest BCUT2D eigenvalue weighted by Crippen LogP contribution is 2.17. The summed E-state index contributed by atoms with van der Waals surface area (Å²) in [5.41, 5.74) is 5.86. The molecule has 0 saturated heterocycles. The van der Waals surface area contributed by atoms with Gasteiger partial charge in [-0.05, 0) is 95.5 Å². The van der Waals surface area contributed by atoms with Crippen LogP contribution in [0.25, 0.3) is 0 Å². The van der Waals surface area contributed by atoms with Crippen LogP contribution in [0, 0.1) is 5.92 Å². The largest absolute Gasteiger partial charge is 0.514 e. The minimum Gasteiger partial charge on any atom is -0.445 e. The summed E-state index contributed by atoms with van der Waals surface area (Å²) in [6.07, 6.45) is -2.25. The monoisotopic (exact) mass is 945 g/mol. The predicted molar refractivity (Wildman–Crippen MR) is 252 cm³/mol. The van der Waals surface area contributed by atoms with E-state index in [0.717, 1.165) is 5.56 Å². The van der Waals surface area contributed by atoms with Gasteiger partial charge in [0.1, 0.15) is 47.7 Å². The Bertz CT molecular complexity index is 2140. The molecule has 0 aliphatic rings. The first-order valence-electron chi connectivity index (χ1n) is 22.4. The molecule has 19 heteroatoms. The van der Waals surface area contributed by atoms with Crippen molar-refractivity contribution in [3.8, 4) is 5.75 Å². The van der Waals surface area contributed by atoms with Crippen molar-refractivity contribution in [2.45, 2.75) is 129 Å². The zero-order chi connectivity index (χ0) is 50.4. The van der Waals surface area contributed by atoms with Gasteiger partial charge in [0.2, 0.25) is 29.5 Å². The van der Waals surface area contributed by atoms with Crippen LogP contribution in [0.4, 0.5) is 14.4 Å². The molecule has 0 fully saturated rings. The molecule has 0 spiro atoms. The van der Waals surface area contributed by atoms with Gasteiger partial charge >= 0.3 is 18.3 Å². The maximum absolute atomic E-state index is 14.1. The minimum absolute atomic E-state index is 0.0186. The summed E-state index contributed by atoms with van der Waals surface area (Å²) in [4.78, 5) is 105. The van der Waals surface area contributed by atoms with Crippen molar-refractivity contribution in [1.82, 2.24) is 31.9 Å². The second-order valence-corrected chi connectivity index (χ2v) is 18.4. The molecule has 0 heterocycles. The Morgan fingerprint density at radius 1 is 0.574 bits per heavy atom. The van der Waals surface area contributed by atoms with Gasteiger partial charge in [0.15, 0.2) is 0 Å². The van der Waals surface area contributed by atoms with Crippen molar-refractivity contribution in [1.29, 1.82) is 0 Å². The number of nitrogens with one attached hydrogen (secondary N) is 6. The highest BCUT2D eigenvalue weighted by molar-refractivity contribution is 5.95. The summed E-state index contributed by atoms with van der Waals surface area (Å²) in [6.45, 7) is 13.2. The second kappa shape index (κ2) is 26.8. The maximum atomic E-state index is 14.1. The SMILES string of the molecule is CC(C)C[C@H](NC(=O)[C@H](Cc1ccccc1)NC(=O)CNC(=O)[C@@H](CCCNC(=O)OCc1ccccc1)NC(=O)[C@H](Cc1ccc(OC(=O)OC(C)(C)C)cc1)NC(=O)OC(C)(C)C)C(N)=O. The van der Waals surface area contributed by atoms with Crippen molar-refractivity contribution in [2.24, 2.45) is 11.7 Å². The number of alkyl carbamates (subject to hydrolysis) is 2. The zero-order valence-corrected chi connectivity index (χ0v) is 40.1. The summed E-state index contributed by atoms with van der Waals surface area (Å²) < 4.78 is 21.2. The van der Waals surface area contributed by atoms with Crippen LogP contribution >= 0.6 is 0 Å². The molecule has 4 atom stereocenters. The van der Waals surface area contributed by atoms with Gasteiger partial charge in [-0.1, -0.05) is 86.6 Å². The van der Waals surface area contributed by atoms with Crippen LogP contribution in [0.1, 0.15) is 91.3 Å². The molecule has 3 rings (SSSR count). The van der Waals surface area contributed by atoms with E-state index in [2.05, 4.69) is 31.9 Å². The highest BCUT2D eigenvalue weighted by atomic mass is 16.7. The van der Waals surface area contributed by atoms with Gasteiger partial charge in [-0.15, -0.1) is 0 Å². The van der Waals surface area contributed by atoms with E-state index in [-0.39, 0.29) is 56.9 Å². The third-order valence-electron chi connectivity index (χ3n) is 9.47. The fourth-order valence-electron chi connectivity index (χ4n) is 6.35. The van der Waals surface area contributed by atoms with Gasteiger partial charge in [0.05, 0.1) is 6.54 Å². The van der Waals surface area contributed by atoms with Crippen LogP contribution in [-0.4, -0.2) is 96.3 Å². The lowest BCUT2D eigenvalue weighted by molar-refractivity contribution is -0.133. The number of carbonyl (C=O) groups excluding carboxylic acids is 8. The smallest absolute Gasteiger partial charge is 0.445 e. The molecule has 0 unspecified atom stereocenters. The van der Waals surface area contributed by atoms with Crippen LogP contribution in [0.2, 0.25) is 0 Å². The Labute approximate surface area is 397 Å². The molecule has 0 saturated carbocycles.